The van der Waals surface area contributed by atoms with Crippen LogP contribution >= 0.6 is 24.8 Å². The summed E-state index contributed by atoms with van der Waals surface area (Å²) in [6, 6.07) is 4.09. The summed E-state index contributed by atoms with van der Waals surface area (Å²) in [6.45, 7) is 2.31. The number of pyridine rings is 1. The lowest BCUT2D eigenvalue weighted by Crippen LogP contribution is -2.40. The summed E-state index contributed by atoms with van der Waals surface area (Å²) in [5.41, 5.74) is 7.25. The molecule has 0 radical (unpaired) electrons. The summed E-state index contributed by atoms with van der Waals surface area (Å²) in [6.07, 6.45) is 5.75. The van der Waals surface area contributed by atoms with Gasteiger partial charge in [-0.05, 0) is 24.5 Å². The number of nitrogens with zero attached hydrogens (tertiary/aromatic N) is 1. The zero-order valence-electron chi connectivity index (χ0n) is 9.09. The molecule has 2 rings (SSSR count). The monoisotopic (exact) mass is 264 g/mol. The van der Waals surface area contributed by atoms with Gasteiger partial charge in [0.2, 0.25) is 0 Å². The van der Waals surface area contributed by atoms with Crippen molar-refractivity contribution in [3.8, 4) is 0 Å². The molecule has 92 valence electrons. The Hall–Kier alpha value is -0.350. The van der Waals surface area contributed by atoms with E-state index in [0.29, 0.717) is 6.54 Å². The minimum atomic E-state index is 0. The molecule has 5 heteroatoms. The molecule has 1 aromatic rings. The fourth-order valence-corrected chi connectivity index (χ4v) is 2.05. The molecule has 0 amide bonds. The predicted molar refractivity (Wildman–Crippen MR) is 69.5 cm³/mol. The second-order valence-electron chi connectivity index (χ2n) is 3.84. The minimum absolute atomic E-state index is 0. The van der Waals surface area contributed by atoms with E-state index in [9.17, 15) is 0 Å². The maximum absolute atomic E-state index is 5.89. The third-order valence-corrected chi connectivity index (χ3v) is 3.11. The van der Waals surface area contributed by atoms with Crippen LogP contribution in [0.3, 0.4) is 0 Å². The normalized spacial score (nSPS) is 18.1. The highest BCUT2D eigenvalue weighted by Gasteiger charge is 2.32. The molecular weight excluding hydrogens is 247 g/mol. The number of hydrogen-bond donors (Lipinski definition) is 1. The van der Waals surface area contributed by atoms with Crippen LogP contribution in [0.4, 0.5) is 0 Å². The lowest BCUT2D eigenvalue weighted by Gasteiger charge is -2.36. The molecule has 0 aliphatic carbocycles. The molecule has 0 aromatic carbocycles. The molecule has 0 saturated carbocycles. The van der Waals surface area contributed by atoms with E-state index in [1.54, 1.807) is 6.20 Å². The highest BCUT2D eigenvalue weighted by molar-refractivity contribution is 5.85. The van der Waals surface area contributed by atoms with E-state index in [0.717, 1.165) is 26.1 Å². The van der Waals surface area contributed by atoms with E-state index in [1.165, 1.54) is 5.56 Å². The summed E-state index contributed by atoms with van der Waals surface area (Å²) in [5.74, 6) is 0. The first-order valence-electron chi connectivity index (χ1n) is 5.06. The average molecular weight is 265 g/mol. The molecule has 0 spiro atoms. The molecule has 2 N–H and O–H groups in total. The van der Waals surface area contributed by atoms with Crippen molar-refractivity contribution in [2.45, 2.75) is 18.3 Å². The number of hydrogen-bond acceptors (Lipinski definition) is 3. The van der Waals surface area contributed by atoms with Gasteiger partial charge in [-0.25, -0.2) is 0 Å². The van der Waals surface area contributed by atoms with Gasteiger partial charge >= 0.3 is 0 Å². The summed E-state index contributed by atoms with van der Waals surface area (Å²) in [5, 5.41) is 0. The van der Waals surface area contributed by atoms with Crippen LogP contribution in [0.1, 0.15) is 18.4 Å². The Labute approximate surface area is 109 Å². The molecule has 2 heterocycles. The average Bonchev–Trinajstić information content (AvgIpc) is 2.31. The van der Waals surface area contributed by atoms with Crippen LogP contribution < -0.4 is 5.73 Å². The van der Waals surface area contributed by atoms with Gasteiger partial charge in [-0.15, -0.1) is 24.8 Å². The van der Waals surface area contributed by atoms with Gasteiger partial charge in [0.1, 0.15) is 0 Å². The van der Waals surface area contributed by atoms with Crippen LogP contribution in [0, 0.1) is 0 Å². The fraction of sp³-hybridized carbons (Fsp3) is 0.545. The van der Waals surface area contributed by atoms with Crippen molar-refractivity contribution in [3.63, 3.8) is 0 Å². The third-order valence-electron chi connectivity index (χ3n) is 3.11. The highest BCUT2D eigenvalue weighted by Crippen LogP contribution is 2.32. The Bertz CT molecular complexity index is 289. The van der Waals surface area contributed by atoms with Crippen molar-refractivity contribution in [1.82, 2.24) is 4.98 Å². The minimum Gasteiger partial charge on any atom is -0.381 e. The lowest BCUT2D eigenvalue weighted by atomic mass is 9.75. The van der Waals surface area contributed by atoms with Crippen LogP contribution in [0.5, 0.6) is 0 Å². The summed E-state index contributed by atoms with van der Waals surface area (Å²) in [7, 11) is 0. The van der Waals surface area contributed by atoms with Gasteiger partial charge in [-0.2, -0.15) is 0 Å². The summed E-state index contributed by atoms with van der Waals surface area (Å²) >= 11 is 0. The Morgan fingerprint density at radius 1 is 1.31 bits per heavy atom. The van der Waals surface area contributed by atoms with Gasteiger partial charge in [-0.3, -0.25) is 4.98 Å². The van der Waals surface area contributed by atoms with Crippen molar-refractivity contribution in [3.05, 3.63) is 30.1 Å². The van der Waals surface area contributed by atoms with Crippen molar-refractivity contribution in [2.75, 3.05) is 19.8 Å². The second kappa shape index (κ2) is 7.07. The quantitative estimate of drug-likeness (QED) is 0.888. The maximum Gasteiger partial charge on any atom is 0.0475 e. The first-order valence-corrected chi connectivity index (χ1v) is 5.06. The van der Waals surface area contributed by atoms with E-state index in [2.05, 4.69) is 11.1 Å². The molecule has 0 atom stereocenters. The third kappa shape index (κ3) is 3.08. The predicted octanol–water partition coefficient (Wildman–Crippen LogP) is 1.93. The van der Waals surface area contributed by atoms with E-state index in [-0.39, 0.29) is 30.2 Å². The number of halogens is 2. The Morgan fingerprint density at radius 2 is 2.00 bits per heavy atom. The zero-order valence-corrected chi connectivity index (χ0v) is 10.7. The topological polar surface area (TPSA) is 48.1 Å². The van der Waals surface area contributed by atoms with Crippen molar-refractivity contribution in [1.29, 1.82) is 0 Å². The molecule has 1 aromatic heterocycles. The van der Waals surface area contributed by atoms with Gasteiger partial charge in [0.15, 0.2) is 0 Å². The van der Waals surface area contributed by atoms with E-state index in [4.69, 9.17) is 10.5 Å². The van der Waals surface area contributed by atoms with Gasteiger partial charge in [0.25, 0.3) is 0 Å². The molecule has 3 nitrogen and oxygen atoms in total. The lowest BCUT2D eigenvalue weighted by molar-refractivity contribution is 0.0528. The smallest absolute Gasteiger partial charge is 0.0475 e. The molecule has 0 bridgehead atoms. The zero-order chi connectivity index (χ0) is 9.86. The first-order chi connectivity index (χ1) is 6.87. The van der Waals surface area contributed by atoms with Gasteiger partial charge in [0.05, 0.1) is 0 Å². The SMILES string of the molecule is Cl.Cl.NCC1(c2cccnc2)CCOCC1. The molecule has 1 aliphatic rings. The molecule has 1 aliphatic heterocycles. The van der Waals surface area contributed by atoms with Crippen LogP contribution in [-0.4, -0.2) is 24.7 Å². The number of nitrogens with two attached hydrogens (primary N) is 1. The van der Waals surface area contributed by atoms with Crippen LogP contribution in [0.25, 0.3) is 0 Å². The largest absolute Gasteiger partial charge is 0.381 e. The van der Waals surface area contributed by atoms with E-state index < -0.39 is 0 Å². The summed E-state index contributed by atoms with van der Waals surface area (Å²) in [4.78, 5) is 4.16. The molecule has 1 fully saturated rings. The van der Waals surface area contributed by atoms with Gasteiger partial charge in [-0.1, -0.05) is 6.07 Å². The van der Waals surface area contributed by atoms with E-state index >= 15 is 0 Å². The van der Waals surface area contributed by atoms with Crippen molar-refractivity contribution >= 4 is 24.8 Å². The van der Waals surface area contributed by atoms with E-state index in [1.807, 2.05) is 12.3 Å². The van der Waals surface area contributed by atoms with Crippen LogP contribution in [0.2, 0.25) is 0 Å². The van der Waals surface area contributed by atoms with Crippen molar-refractivity contribution in [2.24, 2.45) is 5.73 Å². The Kier molecular flexibility index (Phi) is 6.91. The van der Waals surface area contributed by atoms with Crippen LogP contribution in [0.15, 0.2) is 24.5 Å². The standard InChI is InChI=1S/C11H16N2O.2ClH/c12-9-11(3-6-14-7-4-11)10-2-1-5-13-8-10;;/h1-2,5,8H,3-4,6-7,9,12H2;2*1H. The first kappa shape index (κ1) is 15.7. The molecular formula is C11H18Cl2N2O. The highest BCUT2D eigenvalue weighted by atomic mass is 35.5. The second-order valence-corrected chi connectivity index (χ2v) is 3.84. The fourth-order valence-electron chi connectivity index (χ4n) is 2.05. The van der Waals surface area contributed by atoms with Crippen LogP contribution in [-0.2, 0) is 10.2 Å². The molecule has 16 heavy (non-hydrogen) atoms. The van der Waals surface area contributed by atoms with Crippen molar-refractivity contribution < 1.29 is 4.74 Å². The summed E-state index contributed by atoms with van der Waals surface area (Å²) < 4.78 is 5.37. The number of rotatable bonds is 2. The Morgan fingerprint density at radius 3 is 2.50 bits per heavy atom. The molecule has 0 unspecified atom stereocenters. The number of aromatic nitrogens is 1. The molecule has 1 saturated heterocycles. The van der Waals surface area contributed by atoms with Gasteiger partial charge in [0, 0.05) is 37.6 Å². The number of ether oxygens (including phenoxy) is 1. The van der Waals surface area contributed by atoms with Gasteiger partial charge < -0.3 is 10.5 Å². The Balaban J connectivity index is 0.00000112. The maximum atomic E-state index is 5.89.